The molecule has 2 rings (SSSR count). The number of thiophene rings is 1. The summed E-state index contributed by atoms with van der Waals surface area (Å²) in [5.74, 6) is -0.425. The third-order valence-corrected chi connectivity index (χ3v) is 5.90. The summed E-state index contributed by atoms with van der Waals surface area (Å²) < 4.78 is 40.2. The second-order valence-electron chi connectivity index (χ2n) is 4.88. The Bertz CT molecular complexity index is 696. The molecule has 1 aromatic carbocycles. The summed E-state index contributed by atoms with van der Waals surface area (Å²) in [5, 5.41) is 3.87. The molecule has 21 heavy (non-hydrogen) atoms. The third kappa shape index (κ3) is 3.70. The van der Waals surface area contributed by atoms with Crippen molar-refractivity contribution in [2.45, 2.75) is 31.7 Å². The fourth-order valence-corrected chi connectivity index (χ4v) is 4.55. The van der Waals surface area contributed by atoms with Crippen LogP contribution in [0.4, 0.5) is 4.39 Å². The van der Waals surface area contributed by atoms with E-state index in [-0.39, 0.29) is 4.90 Å². The Balaban J connectivity index is 2.37. The van der Waals surface area contributed by atoms with Gasteiger partial charge in [0.15, 0.2) is 0 Å². The van der Waals surface area contributed by atoms with E-state index in [9.17, 15) is 12.8 Å². The van der Waals surface area contributed by atoms with E-state index in [1.165, 1.54) is 22.5 Å². The van der Waals surface area contributed by atoms with Crippen molar-refractivity contribution in [3.8, 4) is 0 Å². The predicted octanol–water partition coefficient (Wildman–Crippen LogP) is 3.80. The number of aryl methyl sites for hydroxylation is 1. The minimum atomic E-state index is -3.62. The van der Waals surface area contributed by atoms with Crippen LogP contribution in [-0.2, 0) is 16.6 Å². The first kappa shape index (κ1) is 16.1. The van der Waals surface area contributed by atoms with Crippen LogP contribution in [0.1, 0.15) is 24.5 Å². The molecule has 0 bridgehead atoms. The number of hydrogen-bond acceptors (Lipinski definition) is 3. The van der Waals surface area contributed by atoms with Gasteiger partial charge in [-0.2, -0.15) is 15.6 Å². The Morgan fingerprint density at radius 1 is 1.29 bits per heavy atom. The van der Waals surface area contributed by atoms with Crippen molar-refractivity contribution in [3.63, 3.8) is 0 Å². The fourth-order valence-electron chi connectivity index (χ4n) is 2.16. The van der Waals surface area contributed by atoms with Crippen LogP contribution in [0, 0.1) is 12.7 Å². The zero-order valence-electron chi connectivity index (χ0n) is 12.0. The first-order chi connectivity index (χ1) is 9.95. The Labute approximate surface area is 129 Å². The highest BCUT2D eigenvalue weighted by Crippen LogP contribution is 2.23. The molecular weight excluding hydrogens is 309 g/mol. The van der Waals surface area contributed by atoms with E-state index in [2.05, 4.69) is 0 Å². The van der Waals surface area contributed by atoms with E-state index < -0.39 is 15.8 Å². The van der Waals surface area contributed by atoms with E-state index in [4.69, 9.17) is 0 Å². The molecule has 1 aromatic heterocycles. The van der Waals surface area contributed by atoms with Crippen LogP contribution < -0.4 is 0 Å². The van der Waals surface area contributed by atoms with E-state index in [0.717, 1.165) is 12.0 Å². The van der Waals surface area contributed by atoms with Gasteiger partial charge in [0.05, 0.1) is 4.90 Å². The minimum Gasteiger partial charge on any atom is -0.207 e. The summed E-state index contributed by atoms with van der Waals surface area (Å²) in [6.45, 7) is 4.34. The molecule has 114 valence electrons. The number of halogens is 1. The summed E-state index contributed by atoms with van der Waals surface area (Å²) >= 11 is 1.54. The summed E-state index contributed by atoms with van der Waals surface area (Å²) in [5.41, 5.74) is 1.40. The maximum absolute atomic E-state index is 13.2. The molecule has 0 atom stereocenters. The Hall–Kier alpha value is -1.24. The summed E-state index contributed by atoms with van der Waals surface area (Å²) in [7, 11) is -3.62. The van der Waals surface area contributed by atoms with Crippen molar-refractivity contribution in [2.24, 2.45) is 0 Å². The largest absolute Gasteiger partial charge is 0.243 e. The molecule has 0 saturated heterocycles. The van der Waals surface area contributed by atoms with Gasteiger partial charge in [0, 0.05) is 13.1 Å². The third-order valence-electron chi connectivity index (χ3n) is 3.17. The number of hydrogen-bond donors (Lipinski definition) is 0. The number of benzene rings is 1. The maximum atomic E-state index is 13.2. The lowest BCUT2D eigenvalue weighted by atomic mass is 10.2. The first-order valence-electron chi connectivity index (χ1n) is 6.72. The van der Waals surface area contributed by atoms with E-state index in [0.29, 0.717) is 18.7 Å². The van der Waals surface area contributed by atoms with Crippen LogP contribution in [0.25, 0.3) is 0 Å². The molecule has 0 spiro atoms. The molecule has 0 aliphatic rings. The van der Waals surface area contributed by atoms with E-state index in [1.54, 1.807) is 18.3 Å². The molecule has 0 saturated carbocycles. The van der Waals surface area contributed by atoms with Crippen molar-refractivity contribution < 1.29 is 12.8 Å². The van der Waals surface area contributed by atoms with Gasteiger partial charge < -0.3 is 0 Å². The van der Waals surface area contributed by atoms with Gasteiger partial charge in [-0.15, -0.1) is 0 Å². The zero-order chi connectivity index (χ0) is 15.5. The highest BCUT2D eigenvalue weighted by atomic mass is 32.2. The molecular formula is C15H18FNO2S2. The van der Waals surface area contributed by atoms with Crippen LogP contribution in [0.3, 0.4) is 0 Å². The van der Waals surface area contributed by atoms with Crippen molar-refractivity contribution in [1.82, 2.24) is 4.31 Å². The molecule has 2 aromatic rings. The van der Waals surface area contributed by atoms with Crippen molar-refractivity contribution in [2.75, 3.05) is 6.54 Å². The molecule has 6 heteroatoms. The molecule has 0 N–H and O–H groups in total. The number of sulfonamides is 1. The lowest BCUT2D eigenvalue weighted by Gasteiger charge is -2.22. The molecule has 0 radical (unpaired) electrons. The Morgan fingerprint density at radius 3 is 2.62 bits per heavy atom. The zero-order valence-corrected chi connectivity index (χ0v) is 13.7. The molecule has 0 fully saturated rings. The topological polar surface area (TPSA) is 37.4 Å². The van der Waals surface area contributed by atoms with E-state index in [1.807, 2.05) is 23.8 Å². The fraction of sp³-hybridized carbons (Fsp3) is 0.333. The van der Waals surface area contributed by atoms with Crippen LogP contribution in [0.5, 0.6) is 0 Å². The lowest BCUT2D eigenvalue weighted by molar-refractivity contribution is 0.405. The second-order valence-corrected chi connectivity index (χ2v) is 7.57. The van der Waals surface area contributed by atoms with Gasteiger partial charge in [-0.25, -0.2) is 12.8 Å². The lowest BCUT2D eigenvalue weighted by Crippen LogP contribution is -2.31. The van der Waals surface area contributed by atoms with E-state index >= 15 is 0 Å². The first-order valence-corrected chi connectivity index (χ1v) is 9.11. The quantitative estimate of drug-likeness (QED) is 0.809. The SMILES string of the molecule is CCCN(Cc1ccsc1)S(=O)(=O)c1ccc(F)cc1C. The standard InChI is InChI=1S/C15H18FNO2S2/c1-3-7-17(10-13-6-8-20-11-13)21(18,19)15-5-4-14(16)9-12(15)2/h4-6,8-9,11H,3,7,10H2,1-2H3. The molecule has 0 amide bonds. The number of rotatable bonds is 6. The van der Waals surface area contributed by atoms with Crippen molar-refractivity contribution in [3.05, 3.63) is 52.0 Å². The van der Waals surface area contributed by atoms with Crippen molar-refractivity contribution >= 4 is 21.4 Å². The van der Waals surface area contributed by atoms with Crippen molar-refractivity contribution in [1.29, 1.82) is 0 Å². The van der Waals surface area contributed by atoms with Gasteiger partial charge in [-0.3, -0.25) is 0 Å². The summed E-state index contributed by atoms with van der Waals surface area (Å²) in [6, 6.07) is 5.70. The smallest absolute Gasteiger partial charge is 0.207 e. The highest BCUT2D eigenvalue weighted by Gasteiger charge is 2.25. The van der Waals surface area contributed by atoms with Gasteiger partial charge in [0.1, 0.15) is 5.82 Å². The summed E-state index contributed by atoms with van der Waals surface area (Å²) in [4.78, 5) is 0.174. The van der Waals surface area contributed by atoms with Crippen LogP contribution in [0.15, 0.2) is 39.9 Å². The van der Waals surface area contributed by atoms with Crippen LogP contribution >= 0.6 is 11.3 Å². The maximum Gasteiger partial charge on any atom is 0.243 e. The monoisotopic (exact) mass is 327 g/mol. The Kier molecular flexibility index (Phi) is 5.13. The molecule has 0 aliphatic heterocycles. The van der Waals surface area contributed by atoms with Gasteiger partial charge in [0.25, 0.3) is 0 Å². The minimum absolute atomic E-state index is 0.174. The van der Waals surface area contributed by atoms with Crippen LogP contribution in [0.2, 0.25) is 0 Å². The number of nitrogens with zero attached hydrogens (tertiary/aromatic N) is 1. The molecule has 1 heterocycles. The van der Waals surface area contributed by atoms with Gasteiger partial charge in [-0.05, 0) is 59.5 Å². The molecule has 3 nitrogen and oxygen atoms in total. The summed E-state index contributed by atoms with van der Waals surface area (Å²) in [6.07, 6.45) is 0.726. The normalized spacial score (nSPS) is 12.0. The van der Waals surface area contributed by atoms with Gasteiger partial charge in [0.2, 0.25) is 10.0 Å². The average Bonchev–Trinajstić information content (AvgIpc) is 2.90. The van der Waals surface area contributed by atoms with Gasteiger partial charge >= 0.3 is 0 Å². The van der Waals surface area contributed by atoms with Crippen LogP contribution in [-0.4, -0.2) is 19.3 Å². The predicted molar refractivity (Wildman–Crippen MR) is 83.3 cm³/mol. The van der Waals surface area contributed by atoms with Gasteiger partial charge in [-0.1, -0.05) is 6.92 Å². The highest BCUT2D eigenvalue weighted by molar-refractivity contribution is 7.89. The molecule has 0 unspecified atom stereocenters. The second kappa shape index (κ2) is 6.68. The molecule has 0 aliphatic carbocycles. The Morgan fingerprint density at radius 2 is 2.05 bits per heavy atom. The average molecular weight is 327 g/mol.